The van der Waals surface area contributed by atoms with Gasteiger partial charge in [-0.25, -0.2) is 9.37 Å². The Hall–Kier alpha value is -2.54. The molecule has 24 heavy (non-hydrogen) atoms. The number of aromatic nitrogens is 3. The van der Waals surface area contributed by atoms with Gasteiger partial charge in [-0.15, -0.1) is 11.8 Å². The molecule has 4 rings (SSSR count). The average Bonchev–Trinajstić information content (AvgIpc) is 3.16. The number of hydrogen-bond acceptors (Lipinski definition) is 5. The van der Waals surface area contributed by atoms with Crippen molar-refractivity contribution < 1.29 is 9.13 Å². The summed E-state index contributed by atoms with van der Waals surface area (Å²) >= 11 is 1.64. The van der Waals surface area contributed by atoms with Gasteiger partial charge in [0, 0.05) is 49.9 Å². The standard InChI is InChI=1S/C17H15FN4OS/c1-22-7-6-21-17(22)15-9-12-16(24-15)14(4-5-20-12)23-13-3-2-10(19)8-11(13)18/h2-8,15H,9,19H2,1H3. The third-order valence-electron chi connectivity index (χ3n) is 3.90. The first-order valence-corrected chi connectivity index (χ1v) is 8.34. The van der Waals surface area contributed by atoms with Crippen molar-refractivity contribution in [1.29, 1.82) is 0 Å². The summed E-state index contributed by atoms with van der Waals surface area (Å²) in [7, 11) is 1.97. The van der Waals surface area contributed by atoms with Crippen molar-refractivity contribution in [2.45, 2.75) is 16.6 Å². The molecule has 0 saturated heterocycles. The second-order valence-corrected chi connectivity index (χ2v) is 6.80. The molecule has 0 radical (unpaired) electrons. The fraction of sp³-hybridized carbons (Fsp3) is 0.176. The van der Waals surface area contributed by atoms with Gasteiger partial charge < -0.3 is 15.0 Å². The molecule has 1 aromatic carbocycles. The maximum Gasteiger partial charge on any atom is 0.167 e. The SMILES string of the molecule is Cn1ccnc1C1Cc2nccc(Oc3ccc(N)cc3F)c2S1. The van der Waals surface area contributed by atoms with Crippen LogP contribution in [0.15, 0.2) is 47.8 Å². The number of thioether (sulfide) groups is 1. The number of pyridine rings is 1. The van der Waals surface area contributed by atoms with Gasteiger partial charge in [0.1, 0.15) is 11.6 Å². The lowest BCUT2D eigenvalue weighted by Crippen LogP contribution is -2.02. The first-order chi connectivity index (χ1) is 11.6. The molecule has 1 aliphatic heterocycles. The zero-order valence-corrected chi connectivity index (χ0v) is 13.8. The van der Waals surface area contributed by atoms with E-state index in [2.05, 4.69) is 9.97 Å². The van der Waals surface area contributed by atoms with Gasteiger partial charge in [0.15, 0.2) is 11.6 Å². The lowest BCUT2D eigenvalue weighted by molar-refractivity contribution is 0.432. The Kier molecular flexibility index (Phi) is 3.65. The highest BCUT2D eigenvalue weighted by atomic mass is 32.2. The molecule has 122 valence electrons. The molecule has 0 bridgehead atoms. The number of rotatable bonds is 3. The number of halogens is 1. The molecular weight excluding hydrogens is 327 g/mol. The van der Waals surface area contributed by atoms with E-state index >= 15 is 0 Å². The van der Waals surface area contributed by atoms with Gasteiger partial charge in [0.05, 0.1) is 15.8 Å². The van der Waals surface area contributed by atoms with Crippen LogP contribution in [0.5, 0.6) is 11.5 Å². The van der Waals surface area contributed by atoms with Crippen LogP contribution in [-0.4, -0.2) is 14.5 Å². The van der Waals surface area contributed by atoms with Crippen LogP contribution < -0.4 is 10.5 Å². The van der Waals surface area contributed by atoms with Crippen LogP contribution in [0.1, 0.15) is 16.8 Å². The summed E-state index contributed by atoms with van der Waals surface area (Å²) in [4.78, 5) is 9.79. The largest absolute Gasteiger partial charge is 0.453 e. The first-order valence-electron chi connectivity index (χ1n) is 7.46. The molecule has 0 amide bonds. The van der Waals surface area contributed by atoms with E-state index in [9.17, 15) is 4.39 Å². The Bertz CT molecular complexity index is 911. The monoisotopic (exact) mass is 342 g/mol. The van der Waals surface area contributed by atoms with Gasteiger partial charge in [-0.05, 0) is 12.1 Å². The third kappa shape index (κ3) is 2.60. The minimum absolute atomic E-state index is 0.152. The van der Waals surface area contributed by atoms with Gasteiger partial charge in [0.25, 0.3) is 0 Å². The first kappa shape index (κ1) is 15.0. The lowest BCUT2D eigenvalue weighted by atomic mass is 10.2. The van der Waals surface area contributed by atoms with E-state index in [1.807, 2.05) is 17.8 Å². The molecule has 3 aromatic rings. The van der Waals surface area contributed by atoms with E-state index in [0.717, 1.165) is 22.8 Å². The predicted octanol–water partition coefficient (Wildman–Crippen LogP) is 3.72. The van der Waals surface area contributed by atoms with Crippen LogP contribution in [-0.2, 0) is 13.5 Å². The summed E-state index contributed by atoms with van der Waals surface area (Å²) in [5.74, 6) is 1.26. The number of ether oxygens (including phenoxy) is 1. The lowest BCUT2D eigenvalue weighted by Gasteiger charge is -2.11. The second kappa shape index (κ2) is 5.83. The smallest absolute Gasteiger partial charge is 0.167 e. The van der Waals surface area contributed by atoms with Crippen LogP contribution in [0.3, 0.4) is 0 Å². The van der Waals surface area contributed by atoms with Crippen molar-refractivity contribution in [2.24, 2.45) is 7.05 Å². The van der Waals surface area contributed by atoms with Crippen LogP contribution >= 0.6 is 11.8 Å². The van der Waals surface area contributed by atoms with Gasteiger partial charge >= 0.3 is 0 Å². The van der Waals surface area contributed by atoms with Crippen molar-refractivity contribution in [3.05, 3.63) is 60.2 Å². The van der Waals surface area contributed by atoms with Crippen molar-refractivity contribution in [3.8, 4) is 11.5 Å². The highest BCUT2D eigenvalue weighted by Crippen LogP contribution is 2.49. The molecular formula is C17H15FN4OS. The fourth-order valence-corrected chi connectivity index (χ4v) is 4.09. The van der Waals surface area contributed by atoms with Crippen LogP contribution in [0.25, 0.3) is 0 Å². The van der Waals surface area contributed by atoms with E-state index in [-0.39, 0.29) is 11.0 Å². The number of fused-ring (bicyclic) bond motifs is 1. The number of imidazole rings is 1. The summed E-state index contributed by atoms with van der Waals surface area (Å²) in [5, 5.41) is 0.175. The van der Waals surface area contributed by atoms with E-state index in [4.69, 9.17) is 10.5 Å². The van der Waals surface area contributed by atoms with E-state index in [0.29, 0.717) is 11.4 Å². The molecule has 0 aliphatic carbocycles. The molecule has 3 heterocycles. The molecule has 0 spiro atoms. The van der Waals surface area contributed by atoms with Crippen molar-refractivity contribution in [3.63, 3.8) is 0 Å². The van der Waals surface area contributed by atoms with Gasteiger partial charge in [-0.1, -0.05) is 0 Å². The Labute approximate surface area is 142 Å². The van der Waals surface area contributed by atoms with Crippen molar-refractivity contribution in [1.82, 2.24) is 14.5 Å². The molecule has 5 nitrogen and oxygen atoms in total. The molecule has 2 aromatic heterocycles. The maximum atomic E-state index is 14.0. The summed E-state index contributed by atoms with van der Waals surface area (Å²) in [6.45, 7) is 0. The van der Waals surface area contributed by atoms with Crippen molar-refractivity contribution in [2.75, 3.05) is 5.73 Å². The molecule has 0 saturated carbocycles. The second-order valence-electron chi connectivity index (χ2n) is 5.58. The number of benzene rings is 1. The summed E-state index contributed by atoms with van der Waals surface area (Å²) < 4.78 is 21.8. The molecule has 2 N–H and O–H groups in total. The Morgan fingerprint density at radius 2 is 2.12 bits per heavy atom. The minimum atomic E-state index is -0.482. The Balaban J connectivity index is 1.64. The quantitative estimate of drug-likeness (QED) is 0.735. The summed E-state index contributed by atoms with van der Waals surface area (Å²) in [5.41, 5.74) is 6.89. The number of nitrogens with zero attached hydrogens (tertiary/aromatic N) is 3. The average molecular weight is 342 g/mol. The zero-order chi connectivity index (χ0) is 16.7. The molecule has 7 heteroatoms. The predicted molar refractivity (Wildman–Crippen MR) is 90.6 cm³/mol. The normalized spacial score (nSPS) is 16.2. The fourth-order valence-electron chi connectivity index (χ4n) is 2.73. The van der Waals surface area contributed by atoms with E-state index in [1.165, 1.54) is 12.1 Å². The molecule has 0 fully saturated rings. The van der Waals surface area contributed by atoms with Gasteiger partial charge in [-0.2, -0.15) is 0 Å². The van der Waals surface area contributed by atoms with E-state index in [1.54, 1.807) is 36.3 Å². The third-order valence-corrected chi connectivity index (χ3v) is 5.24. The number of nitrogens with two attached hydrogens (primary N) is 1. The molecule has 1 unspecified atom stereocenters. The maximum absolute atomic E-state index is 14.0. The van der Waals surface area contributed by atoms with Crippen LogP contribution in [0.4, 0.5) is 10.1 Å². The number of aryl methyl sites for hydroxylation is 1. The van der Waals surface area contributed by atoms with Crippen LogP contribution in [0.2, 0.25) is 0 Å². The Morgan fingerprint density at radius 3 is 2.88 bits per heavy atom. The van der Waals surface area contributed by atoms with Crippen LogP contribution in [0, 0.1) is 5.82 Å². The minimum Gasteiger partial charge on any atom is -0.453 e. The highest BCUT2D eigenvalue weighted by molar-refractivity contribution is 8.00. The summed E-state index contributed by atoms with van der Waals surface area (Å²) in [6, 6.07) is 6.15. The van der Waals surface area contributed by atoms with Gasteiger partial charge in [-0.3, -0.25) is 4.98 Å². The Morgan fingerprint density at radius 1 is 1.25 bits per heavy atom. The highest BCUT2D eigenvalue weighted by Gasteiger charge is 2.30. The zero-order valence-electron chi connectivity index (χ0n) is 12.9. The number of hydrogen-bond donors (Lipinski definition) is 1. The van der Waals surface area contributed by atoms with Gasteiger partial charge in [0.2, 0.25) is 0 Å². The topological polar surface area (TPSA) is 66.0 Å². The number of nitrogen functional groups attached to an aromatic ring is 1. The molecule has 1 atom stereocenters. The molecule has 1 aliphatic rings. The number of anilines is 1. The van der Waals surface area contributed by atoms with E-state index < -0.39 is 5.82 Å². The van der Waals surface area contributed by atoms with Crippen molar-refractivity contribution >= 4 is 17.4 Å². The summed E-state index contributed by atoms with van der Waals surface area (Å²) in [6.07, 6.45) is 6.16.